The third kappa shape index (κ3) is 13.9. The first-order chi connectivity index (χ1) is 36.2. The molecule has 0 saturated carbocycles. The number of ether oxygens (including phenoxy) is 2. The number of carboxylic acids is 2. The minimum Gasteiger partial charge on any atom is -0.481 e. The number of rotatable bonds is 19. The topological polar surface area (TPSA) is 360 Å². The number of pyridine rings is 2. The minimum atomic E-state index is -5.08. The first-order valence-electron chi connectivity index (χ1n) is 23.5. The number of sulfonamides is 1. The van der Waals surface area contributed by atoms with Crippen LogP contribution in [-0.2, 0) is 71.8 Å². The van der Waals surface area contributed by atoms with Gasteiger partial charge in [-0.15, -0.1) is 0 Å². The average molecular weight is 1090 g/mol. The second-order valence-corrected chi connectivity index (χ2v) is 19.6. The molecule has 7 rings (SSSR count). The number of nitrogens with one attached hydrogen (secondary N) is 4. The number of aromatic nitrogens is 2. The van der Waals surface area contributed by atoms with E-state index in [4.69, 9.17) is 35.8 Å². The molecule has 4 heterocycles. The van der Waals surface area contributed by atoms with Crippen LogP contribution in [0.2, 0.25) is 0 Å². The Labute approximate surface area is 436 Å². The molecule has 0 bridgehead atoms. The number of nitrogens with zero attached hydrogens (tertiary/aromatic N) is 3. The monoisotopic (exact) mass is 1090 g/mol. The molecular formula is C50H52F3N9O14S. The molecule has 10 N–H and O–H groups in total. The van der Waals surface area contributed by atoms with Crippen LogP contribution in [0.3, 0.4) is 0 Å². The molecule has 2 aliphatic heterocycles. The summed E-state index contributed by atoms with van der Waals surface area (Å²) in [5.74, 6) is -8.65. The summed E-state index contributed by atoms with van der Waals surface area (Å²) in [4.78, 5) is 110. The Kier molecular flexibility index (Phi) is 17.7. The number of amides is 3. The molecule has 0 fully saturated rings. The number of carboxylic acid groups (broad SMARTS) is 2. The van der Waals surface area contributed by atoms with E-state index in [0.717, 1.165) is 10.9 Å². The van der Waals surface area contributed by atoms with Crippen LogP contribution in [0.25, 0.3) is 22.3 Å². The van der Waals surface area contributed by atoms with Crippen LogP contribution in [0.5, 0.6) is 0 Å². The Morgan fingerprint density at radius 3 is 2.26 bits per heavy atom. The summed E-state index contributed by atoms with van der Waals surface area (Å²) in [6.45, 7) is 4.26. The number of carbonyl (C=O) groups is 7. The fraction of sp³-hybridized carbons (Fsp3) is 0.320. The number of aliphatic imine (C=N–C) groups is 1. The highest BCUT2D eigenvalue weighted by Gasteiger charge is 2.51. The van der Waals surface area contributed by atoms with Crippen LogP contribution < -0.4 is 37.7 Å². The van der Waals surface area contributed by atoms with Crippen LogP contribution in [0.4, 0.5) is 24.5 Å². The van der Waals surface area contributed by atoms with Crippen molar-refractivity contribution in [3.05, 3.63) is 118 Å². The number of hydrogen-bond acceptors (Lipinski definition) is 14. The summed E-state index contributed by atoms with van der Waals surface area (Å²) in [7, 11) is -4.15. The van der Waals surface area contributed by atoms with Gasteiger partial charge in [0.15, 0.2) is 5.96 Å². The highest BCUT2D eigenvalue weighted by Crippen LogP contribution is 2.41. The van der Waals surface area contributed by atoms with Crippen molar-refractivity contribution in [3.63, 3.8) is 0 Å². The van der Waals surface area contributed by atoms with Gasteiger partial charge >= 0.3 is 30.1 Å². The van der Waals surface area contributed by atoms with Gasteiger partial charge in [-0.1, -0.05) is 57.2 Å². The number of aliphatic carboxylic acids is 2. The van der Waals surface area contributed by atoms with E-state index in [-0.39, 0.29) is 77.8 Å². The standard InChI is InChI=1S/C48H51N9O12S.C2HF3O2/c1-4-48(34-21-37-43-29(18-27-10-5-6-15-35(27)54-43)24-57(37)44(63)33(34)25-68-46(48)65)69-45(64)42(26(2)3)55-40(60)23-51-38(58)16-9-17-39(59)53-36(22-41(61)62)28-11-7-13-31(19-28)56-70(66,67)32-14-8-12-30(20-32)52-47(49)50;3-2(4,5)1(6)7/h5-8,10-15,18-21,26,36,42,56H,4,9,16-17,22-25H2,1-3H3,(H,51,58)(H,53,59)(H,55,60)(H,61,62)(H4,49,50,52);(H,6,7)/t36?,42-,48-;/m0./s1. The first-order valence-corrected chi connectivity index (χ1v) is 25.0. The number of anilines is 1. The largest absolute Gasteiger partial charge is 0.490 e. The van der Waals surface area contributed by atoms with Gasteiger partial charge in [0.2, 0.25) is 23.3 Å². The molecule has 27 heteroatoms. The number of alkyl halides is 3. The van der Waals surface area contributed by atoms with E-state index < -0.39 is 99.9 Å². The number of benzene rings is 3. The number of halogens is 3. The Morgan fingerprint density at radius 2 is 1.60 bits per heavy atom. The Morgan fingerprint density at radius 1 is 0.909 bits per heavy atom. The minimum absolute atomic E-state index is 0.000475. The second-order valence-electron chi connectivity index (χ2n) is 17.9. The molecule has 2 aromatic heterocycles. The molecular weight excluding hydrogens is 1040 g/mol. The van der Waals surface area contributed by atoms with Gasteiger partial charge in [-0.3, -0.25) is 28.7 Å². The molecule has 23 nitrogen and oxygen atoms in total. The zero-order valence-electron chi connectivity index (χ0n) is 41.3. The summed E-state index contributed by atoms with van der Waals surface area (Å²) >= 11 is 0. The van der Waals surface area contributed by atoms with E-state index in [2.05, 4.69) is 25.7 Å². The van der Waals surface area contributed by atoms with Crippen molar-refractivity contribution in [2.24, 2.45) is 22.4 Å². The first kappa shape index (κ1) is 57.4. The quantitative estimate of drug-likeness (QED) is 0.0325. The number of carbonyl (C=O) groups excluding carboxylic acids is 5. The maximum absolute atomic E-state index is 14.0. The number of nitrogens with two attached hydrogens (primary N) is 2. The van der Waals surface area contributed by atoms with Gasteiger partial charge in [-0.05, 0) is 72.9 Å². The van der Waals surface area contributed by atoms with Gasteiger partial charge in [0.25, 0.3) is 15.6 Å². The fourth-order valence-corrected chi connectivity index (χ4v) is 9.40. The van der Waals surface area contributed by atoms with Crippen molar-refractivity contribution in [2.75, 3.05) is 11.3 Å². The van der Waals surface area contributed by atoms with E-state index in [9.17, 15) is 60.3 Å². The lowest BCUT2D eigenvalue weighted by atomic mass is 9.85. The van der Waals surface area contributed by atoms with E-state index in [1.807, 2.05) is 30.3 Å². The van der Waals surface area contributed by atoms with Crippen LogP contribution in [0.15, 0.2) is 99.6 Å². The molecule has 408 valence electrons. The molecule has 0 spiro atoms. The van der Waals surface area contributed by atoms with Crippen molar-refractivity contribution in [3.8, 4) is 11.4 Å². The van der Waals surface area contributed by atoms with Crippen LogP contribution in [0, 0.1) is 5.92 Å². The third-order valence-electron chi connectivity index (χ3n) is 12.0. The van der Waals surface area contributed by atoms with Crippen molar-refractivity contribution < 1.29 is 74.8 Å². The number of hydrogen-bond donors (Lipinski definition) is 8. The maximum atomic E-state index is 14.0. The summed E-state index contributed by atoms with van der Waals surface area (Å²) < 4.78 is 73.5. The van der Waals surface area contributed by atoms with Crippen molar-refractivity contribution in [1.82, 2.24) is 25.5 Å². The normalized spacial score (nSPS) is 15.2. The zero-order valence-corrected chi connectivity index (χ0v) is 42.1. The molecule has 3 atom stereocenters. The SMILES string of the molecule is CC[C@@]1(OC(=O)[C@@H](NC(=O)CNC(=O)CCCC(=O)NC(CC(=O)O)c2cccc(NS(=O)(=O)c3cccc(N=C(N)N)c3)c2)C(C)C)C(=O)OCc2c1cc1n(c2=O)Cc2cc3ccccc3nc2-1.O=C(O)C(F)(F)F. The maximum Gasteiger partial charge on any atom is 0.490 e. The fourth-order valence-electron chi connectivity index (χ4n) is 8.31. The smallest absolute Gasteiger partial charge is 0.481 e. The van der Waals surface area contributed by atoms with E-state index in [0.29, 0.717) is 16.9 Å². The molecule has 2 aliphatic rings. The predicted molar refractivity (Wildman–Crippen MR) is 268 cm³/mol. The van der Waals surface area contributed by atoms with Crippen LogP contribution >= 0.6 is 0 Å². The van der Waals surface area contributed by atoms with Crippen molar-refractivity contribution in [1.29, 1.82) is 0 Å². The van der Waals surface area contributed by atoms with Crippen LogP contribution in [0.1, 0.15) is 81.2 Å². The van der Waals surface area contributed by atoms with Crippen LogP contribution in [-0.4, -0.2) is 94.5 Å². The lowest BCUT2D eigenvalue weighted by molar-refractivity contribution is -0.192. The molecule has 3 amide bonds. The van der Waals surface area contributed by atoms with Gasteiger partial charge in [0, 0.05) is 35.0 Å². The number of esters is 2. The summed E-state index contributed by atoms with van der Waals surface area (Å²) in [6.07, 6.45) is -6.15. The Bertz CT molecular complexity index is 3360. The van der Waals surface area contributed by atoms with E-state index >= 15 is 0 Å². The zero-order chi connectivity index (χ0) is 56.6. The average Bonchev–Trinajstić information content (AvgIpc) is 3.73. The number of cyclic esters (lactones) is 1. The highest BCUT2D eigenvalue weighted by molar-refractivity contribution is 7.92. The molecule has 0 aliphatic carbocycles. The summed E-state index contributed by atoms with van der Waals surface area (Å²) in [5.41, 5.74) is 11.8. The second kappa shape index (κ2) is 23.8. The molecule has 5 aromatic rings. The number of guanidine groups is 1. The third-order valence-corrected chi connectivity index (χ3v) is 13.4. The molecule has 1 unspecified atom stereocenters. The van der Waals surface area contributed by atoms with Gasteiger partial charge in [-0.25, -0.2) is 32.8 Å². The van der Waals surface area contributed by atoms with Gasteiger partial charge in [0.05, 0.1) is 58.6 Å². The summed E-state index contributed by atoms with van der Waals surface area (Å²) in [5, 5.41) is 25.3. The Hall–Kier alpha value is -8.88. The Balaban J connectivity index is 0.00000128. The molecule has 0 saturated heterocycles. The van der Waals surface area contributed by atoms with Gasteiger partial charge in [-0.2, -0.15) is 13.2 Å². The highest BCUT2D eigenvalue weighted by atomic mass is 32.2. The van der Waals surface area contributed by atoms with Gasteiger partial charge < -0.3 is 51.7 Å². The lowest BCUT2D eigenvalue weighted by Gasteiger charge is -2.37. The predicted octanol–water partition coefficient (Wildman–Crippen LogP) is 3.73. The molecule has 0 radical (unpaired) electrons. The van der Waals surface area contributed by atoms with E-state index in [1.54, 1.807) is 31.4 Å². The number of fused-ring (bicyclic) bond motifs is 5. The molecule has 3 aromatic carbocycles. The number of para-hydroxylation sites is 1. The van der Waals surface area contributed by atoms with Crippen molar-refractivity contribution >= 4 is 79.9 Å². The van der Waals surface area contributed by atoms with Crippen molar-refractivity contribution in [2.45, 2.75) is 94.8 Å². The lowest BCUT2D eigenvalue weighted by Crippen LogP contribution is -2.53. The van der Waals surface area contributed by atoms with Gasteiger partial charge in [0.1, 0.15) is 12.6 Å². The molecule has 77 heavy (non-hydrogen) atoms. The van der Waals surface area contributed by atoms with E-state index in [1.165, 1.54) is 48.5 Å². The summed E-state index contributed by atoms with van der Waals surface area (Å²) in [6, 6.07) is 20.1.